The van der Waals surface area contributed by atoms with Crippen LogP contribution in [0, 0.1) is 11.3 Å². The molecular weight excluding hydrogens is 252 g/mol. The van der Waals surface area contributed by atoms with Crippen molar-refractivity contribution >= 4 is 5.69 Å². The van der Waals surface area contributed by atoms with Gasteiger partial charge in [-0.3, -0.25) is 0 Å². The van der Waals surface area contributed by atoms with Crippen molar-refractivity contribution < 1.29 is 10.2 Å². The van der Waals surface area contributed by atoms with Crippen molar-refractivity contribution in [1.82, 2.24) is 0 Å². The average Bonchev–Trinajstić information content (AvgIpc) is 2.53. The zero-order valence-corrected chi connectivity index (χ0v) is 11.0. The lowest BCUT2D eigenvalue weighted by atomic mass is 10.0. The molecule has 0 saturated heterocycles. The predicted octanol–water partition coefficient (Wildman–Crippen LogP) is 1.99. The summed E-state index contributed by atoms with van der Waals surface area (Å²) in [5, 5.41) is 29.9. The highest BCUT2D eigenvalue weighted by atomic mass is 16.3. The lowest BCUT2D eigenvalue weighted by Crippen LogP contribution is -2.22. The number of benzene rings is 2. The minimum Gasteiger partial charge on any atom is -0.394 e. The van der Waals surface area contributed by atoms with Crippen LogP contribution in [0.4, 0.5) is 5.69 Å². The highest BCUT2D eigenvalue weighted by molar-refractivity contribution is 5.68. The Hall–Kier alpha value is -2.35. The fourth-order valence-electron chi connectivity index (χ4n) is 1.85. The molecule has 0 aromatic heterocycles. The van der Waals surface area contributed by atoms with Crippen LogP contribution in [-0.2, 0) is 0 Å². The van der Waals surface area contributed by atoms with Crippen LogP contribution in [-0.4, -0.2) is 29.5 Å². The van der Waals surface area contributed by atoms with E-state index in [9.17, 15) is 5.11 Å². The standard InChI is InChI=1S/C16H16N2O2/c17-9-12-4-6-13(7-5-12)14-2-1-3-15(8-14)18-10-16(20)11-19/h1-8,16,18-20H,10-11H2. The molecule has 102 valence electrons. The average molecular weight is 268 g/mol. The monoisotopic (exact) mass is 268 g/mol. The van der Waals surface area contributed by atoms with Gasteiger partial charge in [0.15, 0.2) is 0 Å². The molecule has 4 nitrogen and oxygen atoms in total. The van der Waals surface area contributed by atoms with Crippen molar-refractivity contribution in [2.24, 2.45) is 0 Å². The van der Waals surface area contributed by atoms with E-state index in [1.165, 1.54) is 0 Å². The van der Waals surface area contributed by atoms with Crippen molar-refractivity contribution in [3.8, 4) is 17.2 Å². The summed E-state index contributed by atoms with van der Waals surface area (Å²) in [5.41, 5.74) is 3.56. The molecule has 0 heterocycles. The highest BCUT2D eigenvalue weighted by Crippen LogP contribution is 2.23. The van der Waals surface area contributed by atoms with Gasteiger partial charge in [-0.1, -0.05) is 24.3 Å². The summed E-state index contributed by atoms with van der Waals surface area (Å²) in [6.07, 6.45) is -0.770. The van der Waals surface area contributed by atoms with E-state index in [0.29, 0.717) is 12.1 Å². The van der Waals surface area contributed by atoms with Gasteiger partial charge in [0, 0.05) is 12.2 Å². The van der Waals surface area contributed by atoms with Crippen LogP contribution in [0.5, 0.6) is 0 Å². The molecule has 0 saturated carbocycles. The van der Waals surface area contributed by atoms with Crippen LogP contribution in [0.25, 0.3) is 11.1 Å². The third-order valence-corrected chi connectivity index (χ3v) is 2.96. The second kappa shape index (κ2) is 6.71. The summed E-state index contributed by atoms with van der Waals surface area (Å²) >= 11 is 0. The largest absolute Gasteiger partial charge is 0.394 e. The molecule has 0 aliphatic carbocycles. The van der Waals surface area contributed by atoms with Gasteiger partial charge in [-0.2, -0.15) is 5.26 Å². The van der Waals surface area contributed by atoms with Gasteiger partial charge in [-0.25, -0.2) is 0 Å². The molecule has 0 spiro atoms. The SMILES string of the molecule is N#Cc1ccc(-c2cccc(NCC(O)CO)c2)cc1. The molecule has 2 rings (SSSR count). The minimum absolute atomic E-state index is 0.262. The van der Waals surface area contributed by atoms with Crippen LogP contribution >= 0.6 is 0 Å². The van der Waals surface area contributed by atoms with Crippen LogP contribution in [0.15, 0.2) is 48.5 Å². The number of nitrogens with zero attached hydrogens (tertiary/aromatic N) is 1. The number of nitrogens with one attached hydrogen (secondary N) is 1. The van der Waals surface area contributed by atoms with E-state index in [4.69, 9.17) is 10.4 Å². The van der Waals surface area contributed by atoms with Gasteiger partial charge in [-0.15, -0.1) is 0 Å². The Morgan fingerprint density at radius 3 is 2.50 bits per heavy atom. The quantitative estimate of drug-likeness (QED) is 0.775. The van der Waals surface area contributed by atoms with Gasteiger partial charge in [0.1, 0.15) is 0 Å². The zero-order valence-electron chi connectivity index (χ0n) is 11.0. The third-order valence-electron chi connectivity index (χ3n) is 2.96. The summed E-state index contributed by atoms with van der Waals surface area (Å²) in [4.78, 5) is 0. The smallest absolute Gasteiger partial charge is 0.0991 e. The predicted molar refractivity (Wildman–Crippen MR) is 78.2 cm³/mol. The number of hydrogen-bond acceptors (Lipinski definition) is 4. The van der Waals surface area contributed by atoms with E-state index >= 15 is 0 Å². The van der Waals surface area contributed by atoms with Gasteiger partial charge in [-0.05, 0) is 35.4 Å². The van der Waals surface area contributed by atoms with Crippen LogP contribution in [0.1, 0.15) is 5.56 Å². The van der Waals surface area contributed by atoms with E-state index in [0.717, 1.165) is 16.8 Å². The van der Waals surface area contributed by atoms with Crippen molar-refractivity contribution in [1.29, 1.82) is 5.26 Å². The molecule has 0 amide bonds. The van der Waals surface area contributed by atoms with E-state index in [2.05, 4.69) is 11.4 Å². The molecule has 3 N–H and O–H groups in total. The van der Waals surface area contributed by atoms with E-state index < -0.39 is 6.10 Å². The normalized spacial score (nSPS) is 11.7. The van der Waals surface area contributed by atoms with Crippen molar-refractivity contribution in [3.05, 3.63) is 54.1 Å². The second-order valence-electron chi connectivity index (χ2n) is 4.49. The molecule has 1 unspecified atom stereocenters. The maximum atomic E-state index is 9.32. The van der Waals surface area contributed by atoms with Gasteiger partial charge in [0.2, 0.25) is 0 Å². The molecule has 0 aliphatic rings. The maximum Gasteiger partial charge on any atom is 0.0991 e. The molecule has 0 bridgehead atoms. The molecule has 20 heavy (non-hydrogen) atoms. The lowest BCUT2D eigenvalue weighted by Gasteiger charge is -2.11. The molecule has 0 aliphatic heterocycles. The van der Waals surface area contributed by atoms with Gasteiger partial charge in [0.05, 0.1) is 24.3 Å². The van der Waals surface area contributed by atoms with Crippen LogP contribution < -0.4 is 5.32 Å². The van der Waals surface area contributed by atoms with Crippen molar-refractivity contribution in [2.45, 2.75) is 6.10 Å². The Morgan fingerprint density at radius 1 is 1.10 bits per heavy atom. The maximum absolute atomic E-state index is 9.32. The van der Waals surface area contributed by atoms with Gasteiger partial charge < -0.3 is 15.5 Å². The number of aliphatic hydroxyl groups excluding tert-OH is 2. The first-order valence-electron chi connectivity index (χ1n) is 6.36. The Balaban J connectivity index is 2.14. The first kappa shape index (κ1) is 14.1. The topological polar surface area (TPSA) is 76.3 Å². The summed E-state index contributed by atoms with van der Waals surface area (Å²) in [6.45, 7) is 0.0373. The number of aliphatic hydroxyl groups is 2. The van der Waals surface area contributed by atoms with E-state index in [1.54, 1.807) is 12.1 Å². The number of anilines is 1. The van der Waals surface area contributed by atoms with Crippen molar-refractivity contribution in [3.63, 3.8) is 0 Å². The molecule has 1 atom stereocenters. The van der Waals surface area contributed by atoms with Crippen molar-refractivity contribution in [2.75, 3.05) is 18.5 Å². The Bertz CT molecular complexity index is 603. The minimum atomic E-state index is -0.770. The van der Waals surface area contributed by atoms with Crippen LogP contribution in [0.2, 0.25) is 0 Å². The van der Waals surface area contributed by atoms with E-state index in [-0.39, 0.29) is 6.61 Å². The Labute approximate surface area is 117 Å². The number of hydrogen-bond donors (Lipinski definition) is 3. The fourth-order valence-corrected chi connectivity index (χ4v) is 1.85. The molecule has 2 aromatic carbocycles. The summed E-state index contributed by atoms with van der Waals surface area (Å²) < 4.78 is 0. The highest BCUT2D eigenvalue weighted by Gasteiger charge is 2.03. The number of nitriles is 1. The van der Waals surface area contributed by atoms with Gasteiger partial charge in [0.25, 0.3) is 0 Å². The van der Waals surface area contributed by atoms with Crippen LogP contribution in [0.3, 0.4) is 0 Å². The number of rotatable bonds is 5. The summed E-state index contributed by atoms with van der Waals surface area (Å²) in [7, 11) is 0. The Kier molecular flexibility index (Phi) is 4.72. The third kappa shape index (κ3) is 3.58. The summed E-state index contributed by atoms with van der Waals surface area (Å²) in [6, 6.07) is 17.2. The molecular formula is C16H16N2O2. The molecule has 0 radical (unpaired) electrons. The van der Waals surface area contributed by atoms with Gasteiger partial charge >= 0.3 is 0 Å². The first-order valence-corrected chi connectivity index (χ1v) is 6.36. The first-order chi connectivity index (χ1) is 9.72. The molecule has 2 aromatic rings. The molecule has 4 heteroatoms. The second-order valence-corrected chi connectivity index (χ2v) is 4.49. The Morgan fingerprint density at radius 2 is 1.85 bits per heavy atom. The zero-order chi connectivity index (χ0) is 14.4. The lowest BCUT2D eigenvalue weighted by molar-refractivity contribution is 0.105. The molecule has 0 fully saturated rings. The summed E-state index contributed by atoms with van der Waals surface area (Å²) in [5.74, 6) is 0. The fraction of sp³-hybridized carbons (Fsp3) is 0.188. The van der Waals surface area contributed by atoms with E-state index in [1.807, 2.05) is 36.4 Å².